The maximum Gasteiger partial charge on any atom is 0.0713 e. The molecule has 1 saturated heterocycles. The maximum atomic E-state index is 5.46. The molecule has 0 N–H and O–H groups in total. The largest absolute Gasteiger partial charge is 0.379 e. The Hall–Kier alpha value is -0.520. The Balaban J connectivity index is 2.36. The first-order valence-electron chi connectivity index (χ1n) is 4.66. The first-order valence-corrected chi connectivity index (χ1v) is 4.66. The highest BCUT2D eigenvalue weighted by Gasteiger charge is 2.17. The summed E-state index contributed by atoms with van der Waals surface area (Å²) in [5.41, 5.74) is 0. The van der Waals surface area contributed by atoms with Gasteiger partial charge in [0.05, 0.1) is 19.3 Å². The number of ether oxygens (including phenoxy) is 1. The molecule has 0 aromatic rings. The van der Waals surface area contributed by atoms with Crippen LogP contribution in [0.3, 0.4) is 0 Å². The van der Waals surface area contributed by atoms with Crippen molar-refractivity contribution in [2.24, 2.45) is 0 Å². The third kappa shape index (κ3) is 2.51. The van der Waals surface area contributed by atoms with Gasteiger partial charge in [0.1, 0.15) is 0 Å². The quantitative estimate of drug-likeness (QED) is 0.584. The lowest BCUT2D eigenvalue weighted by Crippen LogP contribution is -2.42. The van der Waals surface area contributed by atoms with Crippen molar-refractivity contribution in [3.05, 3.63) is 0 Å². The minimum atomic E-state index is 0.332. The molecule has 1 rings (SSSR count). The van der Waals surface area contributed by atoms with Crippen molar-refractivity contribution in [2.45, 2.75) is 25.8 Å². The molecule has 0 spiro atoms. The molecule has 2 heteroatoms. The number of terminal acetylenes is 1. The fourth-order valence-corrected chi connectivity index (χ4v) is 1.53. The first kappa shape index (κ1) is 9.57. The van der Waals surface area contributed by atoms with Crippen LogP contribution in [-0.2, 0) is 4.74 Å². The second-order valence-electron chi connectivity index (χ2n) is 3.12. The monoisotopic (exact) mass is 167 g/mol. The van der Waals surface area contributed by atoms with Gasteiger partial charge in [0, 0.05) is 13.1 Å². The van der Waals surface area contributed by atoms with E-state index in [9.17, 15) is 0 Å². The van der Waals surface area contributed by atoms with Gasteiger partial charge in [0.15, 0.2) is 0 Å². The van der Waals surface area contributed by atoms with Crippen LogP contribution in [0.25, 0.3) is 0 Å². The van der Waals surface area contributed by atoms with Gasteiger partial charge >= 0.3 is 0 Å². The van der Waals surface area contributed by atoms with E-state index in [1.807, 2.05) is 0 Å². The highest BCUT2D eigenvalue weighted by Crippen LogP contribution is 2.08. The Morgan fingerprint density at radius 3 is 2.67 bits per heavy atom. The Morgan fingerprint density at radius 1 is 1.50 bits per heavy atom. The molecule has 1 aliphatic heterocycles. The summed E-state index contributed by atoms with van der Waals surface area (Å²) in [6, 6.07) is 0.332. The molecule has 0 aliphatic carbocycles. The molecular formula is C10H17NO. The molecule has 68 valence electrons. The number of hydrogen-bond acceptors (Lipinski definition) is 2. The van der Waals surface area contributed by atoms with Gasteiger partial charge in [-0.3, -0.25) is 4.90 Å². The topological polar surface area (TPSA) is 12.5 Å². The van der Waals surface area contributed by atoms with Crippen molar-refractivity contribution in [2.75, 3.05) is 26.3 Å². The van der Waals surface area contributed by atoms with Crippen molar-refractivity contribution in [1.82, 2.24) is 4.90 Å². The zero-order valence-electron chi connectivity index (χ0n) is 7.75. The lowest BCUT2D eigenvalue weighted by molar-refractivity contribution is 0.0258. The summed E-state index contributed by atoms with van der Waals surface area (Å²) < 4.78 is 5.26. The molecular weight excluding hydrogens is 150 g/mol. The summed E-state index contributed by atoms with van der Waals surface area (Å²) in [6.07, 6.45) is 7.72. The molecule has 1 unspecified atom stereocenters. The van der Waals surface area contributed by atoms with E-state index in [2.05, 4.69) is 17.7 Å². The van der Waals surface area contributed by atoms with Crippen LogP contribution in [0.5, 0.6) is 0 Å². The normalized spacial score (nSPS) is 21.7. The van der Waals surface area contributed by atoms with Crippen LogP contribution in [0.4, 0.5) is 0 Å². The third-order valence-corrected chi connectivity index (χ3v) is 2.24. The average Bonchev–Trinajstić information content (AvgIpc) is 2.15. The van der Waals surface area contributed by atoms with Gasteiger partial charge in [0.2, 0.25) is 0 Å². The van der Waals surface area contributed by atoms with E-state index in [0.29, 0.717) is 6.04 Å². The SMILES string of the molecule is C#CC(CCC)N1CCOCC1. The van der Waals surface area contributed by atoms with E-state index >= 15 is 0 Å². The van der Waals surface area contributed by atoms with Gasteiger partial charge in [0.25, 0.3) is 0 Å². The smallest absolute Gasteiger partial charge is 0.0713 e. The number of rotatable bonds is 3. The van der Waals surface area contributed by atoms with Crippen molar-refractivity contribution in [3.8, 4) is 12.3 Å². The van der Waals surface area contributed by atoms with Crippen LogP contribution < -0.4 is 0 Å². The van der Waals surface area contributed by atoms with Gasteiger partial charge in [-0.2, -0.15) is 0 Å². The van der Waals surface area contributed by atoms with E-state index < -0.39 is 0 Å². The van der Waals surface area contributed by atoms with Crippen molar-refractivity contribution >= 4 is 0 Å². The second-order valence-corrected chi connectivity index (χ2v) is 3.12. The Bertz CT molecular complexity index is 156. The summed E-state index contributed by atoms with van der Waals surface area (Å²) in [5.74, 6) is 2.84. The van der Waals surface area contributed by atoms with E-state index in [1.165, 1.54) is 0 Å². The van der Waals surface area contributed by atoms with Crippen LogP contribution in [0, 0.1) is 12.3 Å². The summed E-state index contributed by atoms with van der Waals surface area (Å²) >= 11 is 0. The minimum Gasteiger partial charge on any atom is -0.379 e. The number of morpholine rings is 1. The maximum absolute atomic E-state index is 5.46. The Kier molecular flexibility index (Phi) is 4.13. The third-order valence-electron chi connectivity index (χ3n) is 2.24. The molecule has 1 fully saturated rings. The molecule has 1 atom stereocenters. The molecule has 2 nitrogen and oxygen atoms in total. The van der Waals surface area contributed by atoms with Crippen molar-refractivity contribution < 1.29 is 4.74 Å². The van der Waals surface area contributed by atoms with Crippen LogP contribution in [0.15, 0.2) is 0 Å². The van der Waals surface area contributed by atoms with Gasteiger partial charge in [-0.25, -0.2) is 0 Å². The fraction of sp³-hybridized carbons (Fsp3) is 0.800. The van der Waals surface area contributed by atoms with Crippen LogP contribution in [-0.4, -0.2) is 37.2 Å². The van der Waals surface area contributed by atoms with Gasteiger partial charge < -0.3 is 4.74 Å². The van der Waals surface area contributed by atoms with E-state index in [-0.39, 0.29) is 0 Å². The fourth-order valence-electron chi connectivity index (χ4n) is 1.53. The number of hydrogen-bond donors (Lipinski definition) is 0. The predicted molar refractivity (Wildman–Crippen MR) is 49.9 cm³/mol. The standard InChI is InChI=1S/C10H17NO/c1-3-5-10(4-2)11-6-8-12-9-7-11/h2,10H,3,5-9H2,1H3. The predicted octanol–water partition coefficient (Wildman–Crippen LogP) is 1.12. The lowest BCUT2D eigenvalue weighted by atomic mass is 10.1. The highest BCUT2D eigenvalue weighted by atomic mass is 16.5. The van der Waals surface area contributed by atoms with Gasteiger partial charge in [-0.05, 0) is 6.42 Å². The molecule has 0 radical (unpaired) electrons. The van der Waals surface area contributed by atoms with E-state index in [0.717, 1.165) is 39.1 Å². The molecule has 0 aromatic heterocycles. The van der Waals surface area contributed by atoms with Crippen LogP contribution >= 0.6 is 0 Å². The molecule has 0 aromatic carbocycles. The van der Waals surface area contributed by atoms with E-state index in [1.54, 1.807) is 0 Å². The van der Waals surface area contributed by atoms with Crippen LogP contribution in [0.2, 0.25) is 0 Å². The number of nitrogens with zero attached hydrogens (tertiary/aromatic N) is 1. The van der Waals surface area contributed by atoms with E-state index in [4.69, 9.17) is 11.2 Å². The Labute approximate surface area is 74.9 Å². The minimum absolute atomic E-state index is 0.332. The second kappa shape index (κ2) is 5.18. The summed E-state index contributed by atoms with van der Waals surface area (Å²) in [7, 11) is 0. The molecule has 1 heterocycles. The molecule has 1 aliphatic rings. The highest BCUT2D eigenvalue weighted by molar-refractivity contribution is 5.00. The molecule has 12 heavy (non-hydrogen) atoms. The van der Waals surface area contributed by atoms with Gasteiger partial charge in [-0.15, -0.1) is 6.42 Å². The van der Waals surface area contributed by atoms with Gasteiger partial charge in [-0.1, -0.05) is 19.3 Å². The first-order chi connectivity index (χ1) is 5.88. The molecule has 0 amide bonds. The van der Waals surface area contributed by atoms with Crippen molar-refractivity contribution in [3.63, 3.8) is 0 Å². The zero-order valence-corrected chi connectivity index (χ0v) is 7.75. The average molecular weight is 167 g/mol. The summed E-state index contributed by atoms with van der Waals surface area (Å²) in [5, 5.41) is 0. The molecule has 0 bridgehead atoms. The zero-order chi connectivity index (χ0) is 8.81. The van der Waals surface area contributed by atoms with Crippen molar-refractivity contribution in [1.29, 1.82) is 0 Å². The molecule has 0 saturated carbocycles. The lowest BCUT2D eigenvalue weighted by Gasteiger charge is -2.31. The Morgan fingerprint density at radius 2 is 2.17 bits per heavy atom. The van der Waals surface area contributed by atoms with Crippen LogP contribution in [0.1, 0.15) is 19.8 Å². The summed E-state index contributed by atoms with van der Waals surface area (Å²) in [6.45, 7) is 5.83. The summed E-state index contributed by atoms with van der Waals surface area (Å²) in [4.78, 5) is 2.34.